The lowest BCUT2D eigenvalue weighted by Crippen LogP contribution is -2.31. The van der Waals surface area contributed by atoms with Gasteiger partial charge in [0.1, 0.15) is 0 Å². The van der Waals surface area contributed by atoms with Crippen molar-refractivity contribution in [3.63, 3.8) is 0 Å². The molecule has 98 valence electrons. The van der Waals surface area contributed by atoms with E-state index in [1.54, 1.807) is 6.07 Å². The fraction of sp³-hybridized carbons (Fsp3) is 0.500. The molecule has 18 heavy (non-hydrogen) atoms. The van der Waals surface area contributed by atoms with Gasteiger partial charge in [-0.1, -0.05) is 12.1 Å². The number of hydrogen-bond donors (Lipinski definition) is 2. The van der Waals surface area contributed by atoms with E-state index in [-0.39, 0.29) is 6.10 Å². The normalized spacial score (nSPS) is 12.4. The fourth-order valence-corrected chi connectivity index (χ4v) is 1.50. The Labute approximate surface area is 108 Å². The maximum atomic E-state index is 9.64. The van der Waals surface area contributed by atoms with Crippen LogP contribution in [0.15, 0.2) is 24.3 Å². The van der Waals surface area contributed by atoms with Gasteiger partial charge in [-0.3, -0.25) is 0 Å². The molecule has 1 unspecified atom stereocenters. The smallest absolute Gasteiger partial charge is 0.0991 e. The first-order valence-electron chi connectivity index (χ1n) is 6.11. The van der Waals surface area contributed by atoms with Crippen LogP contribution in [0.2, 0.25) is 0 Å². The quantitative estimate of drug-likeness (QED) is 0.766. The van der Waals surface area contributed by atoms with Crippen molar-refractivity contribution < 1.29 is 9.84 Å². The van der Waals surface area contributed by atoms with Crippen molar-refractivity contribution in [3.8, 4) is 6.07 Å². The van der Waals surface area contributed by atoms with Crippen molar-refractivity contribution in [2.75, 3.05) is 13.2 Å². The SMILES string of the molecule is CC(C)OCC(O)CNCc1cccc(C#N)c1. The van der Waals surface area contributed by atoms with Crippen molar-refractivity contribution >= 4 is 0 Å². The molecule has 2 N–H and O–H groups in total. The van der Waals surface area contributed by atoms with Crippen LogP contribution in [0, 0.1) is 11.3 Å². The van der Waals surface area contributed by atoms with Crippen molar-refractivity contribution in [3.05, 3.63) is 35.4 Å². The second-order valence-electron chi connectivity index (χ2n) is 4.48. The number of rotatable bonds is 7. The molecule has 0 aromatic heterocycles. The summed E-state index contributed by atoms with van der Waals surface area (Å²) in [5.74, 6) is 0. The number of aliphatic hydroxyl groups excluding tert-OH is 1. The summed E-state index contributed by atoms with van der Waals surface area (Å²) in [5, 5.41) is 21.5. The molecule has 0 heterocycles. The highest BCUT2D eigenvalue weighted by atomic mass is 16.5. The summed E-state index contributed by atoms with van der Waals surface area (Å²) in [7, 11) is 0. The maximum Gasteiger partial charge on any atom is 0.0991 e. The van der Waals surface area contributed by atoms with Gasteiger partial charge in [0.25, 0.3) is 0 Å². The molecule has 1 aromatic carbocycles. The Morgan fingerprint density at radius 3 is 2.89 bits per heavy atom. The molecule has 0 radical (unpaired) electrons. The van der Waals surface area contributed by atoms with Crippen LogP contribution >= 0.6 is 0 Å². The summed E-state index contributed by atoms with van der Waals surface area (Å²) < 4.78 is 5.31. The lowest BCUT2D eigenvalue weighted by molar-refractivity contribution is 0.00630. The van der Waals surface area contributed by atoms with Gasteiger partial charge in [0.05, 0.1) is 30.4 Å². The number of nitrogens with zero attached hydrogens (tertiary/aromatic N) is 1. The van der Waals surface area contributed by atoms with E-state index in [0.29, 0.717) is 25.3 Å². The summed E-state index contributed by atoms with van der Waals surface area (Å²) >= 11 is 0. The Balaban J connectivity index is 2.26. The molecule has 0 aliphatic heterocycles. The van der Waals surface area contributed by atoms with E-state index >= 15 is 0 Å². The number of nitriles is 1. The third-order valence-electron chi connectivity index (χ3n) is 2.39. The lowest BCUT2D eigenvalue weighted by Gasteiger charge is -2.14. The highest BCUT2D eigenvalue weighted by molar-refractivity contribution is 5.32. The first-order valence-corrected chi connectivity index (χ1v) is 6.11. The molecule has 0 bridgehead atoms. The molecule has 0 fully saturated rings. The molecule has 1 aromatic rings. The zero-order chi connectivity index (χ0) is 13.4. The topological polar surface area (TPSA) is 65.3 Å². The summed E-state index contributed by atoms with van der Waals surface area (Å²) in [5.41, 5.74) is 1.68. The molecular weight excluding hydrogens is 228 g/mol. The monoisotopic (exact) mass is 248 g/mol. The van der Waals surface area contributed by atoms with Gasteiger partial charge in [0.15, 0.2) is 0 Å². The minimum atomic E-state index is -0.508. The average molecular weight is 248 g/mol. The summed E-state index contributed by atoms with van der Waals surface area (Å²) in [4.78, 5) is 0. The molecule has 0 amide bonds. The minimum absolute atomic E-state index is 0.131. The first-order chi connectivity index (χ1) is 8.61. The molecule has 1 rings (SSSR count). The summed E-state index contributed by atoms with van der Waals surface area (Å²) in [6, 6.07) is 9.52. The summed E-state index contributed by atoms with van der Waals surface area (Å²) in [6.07, 6.45) is -0.376. The zero-order valence-corrected chi connectivity index (χ0v) is 10.9. The lowest BCUT2D eigenvalue weighted by atomic mass is 10.1. The van der Waals surface area contributed by atoms with Crippen molar-refractivity contribution in [1.29, 1.82) is 5.26 Å². The largest absolute Gasteiger partial charge is 0.389 e. The van der Waals surface area contributed by atoms with Crippen molar-refractivity contribution in [2.24, 2.45) is 0 Å². The molecular formula is C14H20N2O2. The molecule has 1 atom stereocenters. The standard InChI is InChI=1S/C14H20N2O2/c1-11(2)18-10-14(17)9-16-8-13-5-3-4-12(6-13)7-15/h3-6,11,14,16-17H,8-10H2,1-2H3. The van der Waals surface area contributed by atoms with Crippen LogP contribution in [0.1, 0.15) is 25.0 Å². The third-order valence-corrected chi connectivity index (χ3v) is 2.39. The van der Waals surface area contributed by atoms with Crippen LogP contribution < -0.4 is 5.32 Å². The van der Waals surface area contributed by atoms with E-state index in [1.165, 1.54) is 0 Å². The second-order valence-corrected chi connectivity index (χ2v) is 4.48. The average Bonchev–Trinajstić information content (AvgIpc) is 2.36. The number of ether oxygens (including phenoxy) is 1. The fourth-order valence-electron chi connectivity index (χ4n) is 1.50. The predicted molar refractivity (Wildman–Crippen MR) is 70.0 cm³/mol. The minimum Gasteiger partial charge on any atom is -0.389 e. The highest BCUT2D eigenvalue weighted by Gasteiger charge is 2.05. The van der Waals surface area contributed by atoms with Gasteiger partial charge in [-0.15, -0.1) is 0 Å². The van der Waals surface area contributed by atoms with Gasteiger partial charge in [-0.25, -0.2) is 0 Å². The van der Waals surface area contributed by atoms with Crippen molar-refractivity contribution in [1.82, 2.24) is 5.32 Å². The molecule has 0 aliphatic rings. The van der Waals surface area contributed by atoms with Crippen LogP contribution in [-0.2, 0) is 11.3 Å². The molecule has 0 saturated heterocycles. The van der Waals surface area contributed by atoms with E-state index in [4.69, 9.17) is 10.00 Å². The highest BCUT2D eigenvalue weighted by Crippen LogP contribution is 2.03. The van der Waals surface area contributed by atoms with Gasteiger partial charge in [-0.05, 0) is 31.5 Å². The van der Waals surface area contributed by atoms with Gasteiger partial charge >= 0.3 is 0 Å². The van der Waals surface area contributed by atoms with Crippen LogP contribution in [0.5, 0.6) is 0 Å². The Morgan fingerprint density at radius 1 is 1.44 bits per heavy atom. The van der Waals surface area contributed by atoms with Crippen molar-refractivity contribution in [2.45, 2.75) is 32.6 Å². The third kappa shape index (κ3) is 5.78. The van der Waals surface area contributed by atoms with E-state index in [0.717, 1.165) is 5.56 Å². The summed E-state index contributed by atoms with van der Waals surface area (Å²) in [6.45, 7) is 5.32. The van der Waals surface area contributed by atoms with E-state index in [1.807, 2.05) is 32.0 Å². The Bertz CT molecular complexity index is 399. The van der Waals surface area contributed by atoms with Gasteiger partial charge in [0, 0.05) is 13.1 Å². The van der Waals surface area contributed by atoms with Gasteiger partial charge in [-0.2, -0.15) is 5.26 Å². The van der Waals surface area contributed by atoms with Crippen LogP contribution in [-0.4, -0.2) is 30.5 Å². The molecule has 0 saturated carbocycles. The number of hydrogen-bond acceptors (Lipinski definition) is 4. The van der Waals surface area contributed by atoms with Crippen LogP contribution in [0.25, 0.3) is 0 Å². The number of benzene rings is 1. The van der Waals surface area contributed by atoms with E-state index in [2.05, 4.69) is 11.4 Å². The Hall–Kier alpha value is -1.41. The van der Waals surface area contributed by atoms with Crippen LogP contribution in [0.4, 0.5) is 0 Å². The van der Waals surface area contributed by atoms with E-state index in [9.17, 15) is 5.11 Å². The first kappa shape index (κ1) is 14.7. The Morgan fingerprint density at radius 2 is 2.22 bits per heavy atom. The molecule has 4 nitrogen and oxygen atoms in total. The van der Waals surface area contributed by atoms with Gasteiger partial charge in [0.2, 0.25) is 0 Å². The molecule has 0 spiro atoms. The Kier molecular flexibility index (Phi) is 6.37. The maximum absolute atomic E-state index is 9.64. The van der Waals surface area contributed by atoms with Gasteiger partial charge < -0.3 is 15.2 Å². The second kappa shape index (κ2) is 7.83. The number of nitrogens with one attached hydrogen (secondary N) is 1. The van der Waals surface area contributed by atoms with E-state index < -0.39 is 6.10 Å². The molecule has 0 aliphatic carbocycles. The molecule has 4 heteroatoms. The predicted octanol–water partition coefficient (Wildman–Crippen LogP) is 1.43. The van der Waals surface area contributed by atoms with Crippen LogP contribution in [0.3, 0.4) is 0 Å². The number of aliphatic hydroxyl groups is 1. The zero-order valence-electron chi connectivity index (χ0n) is 10.9.